The van der Waals surface area contributed by atoms with E-state index in [2.05, 4.69) is 226 Å². The Morgan fingerprint density at radius 3 is 1.83 bits per heavy atom. The number of rotatable bonds is 8. The molecule has 0 unspecified atom stereocenters. The van der Waals surface area contributed by atoms with Crippen LogP contribution in [0.15, 0.2) is 200 Å². The van der Waals surface area contributed by atoms with Crippen molar-refractivity contribution in [2.24, 2.45) is 5.92 Å². The van der Waals surface area contributed by atoms with E-state index in [-0.39, 0.29) is 37.8 Å². The third-order valence-electron chi connectivity index (χ3n) is 15.2. The van der Waals surface area contributed by atoms with Crippen LogP contribution in [0.1, 0.15) is 74.8 Å². The van der Waals surface area contributed by atoms with Gasteiger partial charge >= 0.3 is 0 Å². The van der Waals surface area contributed by atoms with E-state index < -0.39 is 6.37 Å². The molecule has 9 aromatic carbocycles. The maximum atomic E-state index is 8.91. The largest absolute Gasteiger partial charge is 0.509 e. The van der Waals surface area contributed by atoms with Crippen LogP contribution in [0.4, 0.5) is 11.4 Å². The van der Waals surface area contributed by atoms with Crippen molar-refractivity contribution < 1.29 is 28.5 Å². The second-order valence-corrected chi connectivity index (χ2v) is 22.8. The molecule has 0 aliphatic carbocycles. The van der Waals surface area contributed by atoms with Crippen LogP contribution in [-0.2, 0) is 38.3 Å². The van der Waals surface area contributed by atoms with Crippen molar-refractivity contribution >= 4 is 76.5 Å². The fourth-order valence-corrected chi connectivity index (χ4v) is 11.4. The van der Waals surface area contributed by atoms with E-state index >= 15 is 0 Å². The van der Waals surface area contributed by atoms with Gasteiger partial charge in [0.25, 0.3) is 0 Å². The van der Waals surface area contributed by atoms with Crippen molar-refractivity contribution in [3.63, 3.8) is 0 Å². The molecule has 1 aliphatic heterocycles. The molecule has 3 aromatic heterocycles. The monoisotopic (exact) mass is 1190 g/mol. The molecule has 0 radical (unpaired) electrons. The number of hydrogen-bond donors (Lipinski definition) is 0. The van der Waals surface area contributed by atoms with E-state index in [0.717, 1.165) is 76.9 Å². The first-order valence-electron chi connectivity index (χ1n) is 27.8. The van der Waals surface area contributed by atoms with E-state index in [9.17, 15) is 0 Å². The molecule has 0 atom stereocenters. The van der Waals surface area contributed by atoms with Crippen molar-refractivity contribution in [1.82, 2.24) is 14.1 Å². The molecule has 78 heavy (non-hydrogen) atoms. The summed E-state index contributed by atoms with van der Waals surface area (Å²) in [6.07, 6.45) is 0.154. The summed E-state index contributed by atoms with van der Waals surface area (Å²) in [5.41, 5.74) is 13.5. The third-order valence-corrected chi connectivity index (χ3v) is 15.2. The number of anilines is 2. The zero-order valence-corrected chi connectivity index (χ0v) is 47.5. The van der Waals surface area contributed by atoms with Crippen LogP contribution in [0.2, 0.25) is 0 Å². The van der Waals surface area contributed by atoms with Gasteiger partial charge in [0.15, 0.2) is 0 Å². The second-order valence-electron chi connectivity index (χ2n) is 22.8. The van der Waals surface area contributed by atoms with Gasteiger partial charge in [-0.3, -0.25) is 0 Å². The summed E-state index contributed by atoms with van der Waals surface area (Å²) in [6.45, 7) is 19.8. The Morgan fingerprint density at radius 2 is 1.14 bits per heavy atom. The molecule has 0 N–H and O–H groups in total. The Hall–Kier alpha value is -8.11. The molecule has 0 bridgehead atoms. The van der Waals surface area contributed by atoms with Crippen molar-refractivity contribution in [2.75, 3.05) is 4.90 Å². The van der Waals surface area contributed by atoms with Crippen molar-refractivity contribution in [3.05, 3.63) is 236 Å². The van der Waals surface area contributed by atoms with Crippen LogP contribution in [0, 0.1) is 24.7 Å². The Balaban J connectivity index is 0.00000637. The predicted octanol–water partition coefficient (Wildman–Crippen LogP) is 19.4. The molecular weight excluding hydrogens is 1130 g/mol. The normalized spacial score (nSPS) is 13.1. The van der Waals surface area contributed by atoms with Crippen LogP contribution in [0.25, 0.3) is 93.2 Å². The first kappa shape index (κ1) is 48.3. The summed E-state index contributed by atoms with van der Waals surface area (Å²) in [7, 11) is 0. The van der Waals surface area contributed by atoms with Gasteiger partial charge in [0.2, 0.25) is 0 Å². The quantitative estimate of drug-likeness (QED) is 0.142. The minimum absolute atomic E-state index is 0. The zero-order valence-electron chi connectivity index (χ0n) is 47.2. The first-order chi connectivity index (χ1) is 38.0. The molecular formula is C72H61N4OPt-3. The molecule has 388 valence electrons. The maximum absolute atomic E-state index is 8.91. The predicted molar refractivity (Wildman–Crippen MR) is 323 cm³/mol. The molecule has 12 aromatic rings. The molecule has 5 nitrogen and oxygen atoms in total. The maximum Gasteiger partial charge on any atom is 0.135 e. The van der Waals surface area contributed by atoms with Gasteiger partial charge in [0.1, 0.15) is 5.82 Å². The van der Waals surface area contributed by atoms with Crippen LogP contribution in [0.5, 0.6) is 11.5 Å². The molecule has 6 heteroatoms. The van der Waals surface area contributed by atoms with Crippen LogP contribution < -0.4 is 9.64 Å². The molecule has 0 spiro atoms. The van der Waals surface area contributed by atoms with Crippen LogP contribution in [-0.4, -0.2) is 14.1 Å². The molecule has 0 fully saturated rings. The molecule has 0 saturated carbocycles. The third kappa shape index (κ3) is 8.98. The van der Waals surface area contributed by atoms with E-state index in [1.54, 1.807) is 12.3 Å². The van der Waals surface area contributed by atoms with E-state index in [4.69, 9.17) is 12.5 Å². The van der Waals surface area contributed by atoms with Crippen LogP contribution in [0.3, 0.4) is 0 Å². The molecule has 0 amide bonds. The summed E-state index contributed by atoms with van der Waals surface area (Å²) in [5, 5.41) is 8.96. The summed E-state index contributed by atoms with van der Waals surface area (Å²) in [6, 6.07) is 76.7. The number of nitrogens with zero attached hydrogens (tertiary/aromatic N) is 4. The van der Waals surface area contributed by atoms with Gasteiger partial charge in [-0.1, -0.05) is 200 Å². The Bertz CT molecular complexity index is 4480. The number of ether oxygens (including phenoxy) is 1. The second kappa shape index (κ2) is 19.7. The van der Waals surface area contributed by atoms with Gasteiger partial charge in [-0.05, 0) is 148 Å². The van der Waals surface area contributed by atoms with Gasteiger partial charge in [0, 0.05) is 52.7 Å². The van der Waals surface area contributed by atoms with E-state index in [1.807, 2.05) is 50.2 Å². The Labute approximate surface area is 475 Å². The molecule has 1 aliphatic rings. The van der Waals surface area contributed by atoms with Gasteiger partial charge in [-0.25, -0.2) is 4.98 Å². The molecule has 4 heterocycles. The topological polar surface area (TPSA) is 35.2 Å². The zero-order chi connectivity index (χ0) is 54.5. The number of pyridine rings is 1. The van der Waals surface area contributed by atoms with Crippen molar-refractivity contribution in [2.45, 2.75) is 72.6 Å². The van der Waals surface area contributed by atoms with Crippen molar-refractivity contribution in [3.8, 4) is 39.6 Å². The van der Waals surface area contributed by atoms with Gasteiger partial charge < -0.3 is 18.8 Å². The fourth-order valence-electron chi connectivity index (χ4n) is 11.4. The first-order valence-corrected chi connectivity index (χ1v) is 26.8. The minimum atomic E-state index is -1.54. The standard InChI is InChI=1S/C72H61N4O.Pt/c1-46(2)38-47-36-37-73-68(39-47)76-65-28-14-13-24-61(65)62-35-34-55(44-67(62)76)77-54-19-15-18-53(43-54)74-45-75-69-56(50-40-49(41-52(42-50)72(6,7)8)48-30-32-51(33-31-48)71(3,4)5)25-16-26-63(69)59-22-11-9-20-57(59)58-21-10-12-23-60(58)64-27-17-29-66(74)70(64)75;/h9-37,39-42,45-46H,38H2,1-8H3;/q-3;/i38D2;. The number of hydrogen-bond acceptors (Lipinski definition) is 3. The van der Waals surface area contributed by atoms with E-state index in [0.29, 0.717) is 22.9 Å². The Kier molecular flexibility index (Phi) is 12.2. The average molecular weight is 1200 g/mol. The van der Waals surface area contributed by atoms with Gasteiger partial charge in [-0.15, -0.1) is 35.7 Å². The average Bonchev–Trinajstić information content (AvgIpc) is 4.17. The number of aromatic nitrogens is 3. The number of fused-ring (bicyclic) bond motifs is 10. The summed E-state index contributed by atoms with van der Waals surface area (Å²) in [4.78, 5) is 7.04. The summed E-state index contributed by atoms with van der Waals surface area (Å²) in [5.74, 6) is 1.45. The van der Waals surface area contributed by atoms with Crippen LogP contribution >= 0.6 is 0 Å². The van der Waals surface area contributed by atoms with Crippen molar-refractivity contribution in [1.29, 1.82) is 0 Å². The number of benzene rings is 9. The smallest absolute Gasteiger partial charge is 0.135 e. The summed E-state index contributed by atoms with van der Waals surface area (Å²) < 4.78 is 29.1. The molecule has 13 rings (SSSR count). The fraction of sp³-hybridized carbons (Fsp3) is 0.167. The Morgan fingerprint density at radius 1 is 0.538 bits per heavy atom. The molecule has 0 saturated heterocycles. The SMILES string of the molecule is [2H]C([2H])(c1ccnc(-n2c3[c-]c(Oc4[c-]c(N5[CH-]n6c7c(-c8cc(-c9ccc(C(C)(C)C)cc9)cc(C(C)(C)C)c8)cccc7c7ccccc7c7ccccc7c7cccc5c76)ccc4)ccc3c3ccccc32)c1)C(C)C.[Pt]. The van der Waals surface area contributed by atoms with Gasteiger partial charge in [0.05, 0.1) is 0 Å². The van der Waals surface area contributed by atoms with E-state index in [1.165, 1.54) is 33.0 Å². The number of para-hydroxylation sites is 3. The summed E-state index contributed by atoms with van der Waals surface area (Å²) >= 11 is 0. The van der Waals surface area contributed by atoms with Gasteiger partial charge in [-0.2, -0.15) is 12.1 Å². The minimum Gasteiger partial charge on any atom is -0.509 e.